The number of nitriles is 3. The normalized spacial score (nSPS) is 12.6. The Labute approximate surface area is 134 Å². The zero-order chi connectivity index (χ0) is 16.7. The van der Waals surface area contributed by atoms with E-state index in [1.165, 1.54) is 0 Å². The van der Waals surface area contributed by atoms with Crippen LogP contribution in [0.3, 0.4) is 0 Å². The Morgan fingerprint density at radius 2 is 1.91 bits per heavy atom. The molecule has 23 heavy (non-hydrogen) atoms. The molecule has 2 aromatic rings. The fourth-order valence-electron chi connectivity index (χ4n) is 2.20. The first-order chi connectivity index (χ1) is 11.2. The van der Waals surface area contributed by atoms with Crippen molar-refractivity contribution in [2.24, 2.45) is 0 Å². The van der Waals surface area contributed by atoms with Crippen LogP contribution in [0.1, 0.15) is 25.1 Å². The Balaban J connectivity index is 2.31. The fraction of sp³-hybridized carbons (Fsp3) is 0.294. The maximum atomic E-state index is 9.28. The Bertz CT molecular complexity index is 776. The second-order valence-electron chi connectivity index (χ2n) is 4.91. The smallest absolute Gasteiger partial charge is 0.157 e. The van der Waals surface area contributed by atoms with Crippen LogP contribution in [0.2, 0.25) is 0 Å². The van der Waals surface area contributed by atoms with Gasteiger partial charge in [0, 0.05) is 5.56 Å². The first-order valence-electron chi connectivity index (χ1n) is 7.10. The van der Waals surface area contributed by atoms with Gasteiger partial charge in [0.15, 0.2) is 6.10 Å². The summed E-state index contributed by atoms with van der Waals surface area (Å²) in [5.41, 5.74) is 1.59. The summed E-state index contributed by atoms with van der Waals surface area (Å²) in [6, 6.07) is 15.2. The van der Waals surface area contributed by atoms with Crippen molar-refractivity contribution < 1.29 is 4.74 Å². The number of ether oxygens (including phenoxy) is 1. The highest BCUT2D eigenvalue weighted by Gasteiger charge is 2.18. The molecule has 1 heterocycles. The maximum Gasteiger partial charge on any atom is 0.157 e. The summed E-state index contributed by atoms with van der Waals surface area (Å²) in [6.07, 6.45) is 0.849. The minimum absolute atomic E-state index is 0.00395. The zero-order valence-corrected chi connectivity index (χ0v) is 12.7. The summed E-state index contributed by atoms with van der Waals surface area (Å²) in [7, 11) is 0. The van der Waals surface area contributed by atoms with E-state index in [0.717, 1.165) is 5.56 Å². The van der Waals surface area contributed by atoms with Gasteiger partial charge in [0.25, 0.3) is 0 Å². The molecule has 0 saturated carbocycles. The number of hydrogen-bond acceptors (Lipinski definition) is 5. The van der Waals surface area contributed by atoms with Crippen LogP contribution in [0, 0.1) is 34.0 Å². The van der Waals surface area contributed by atoms with Crippen LogP contribution in [-0.2, 0) is 11.3 Å². The average Bonchev–Trinajstić information content (AvgIpc) is 3.02. The summed E-state index contributed by atoms with van der Waals surface area (Å²) < 4.78 is 7.24. The number of aromatic nitrogens is 2. The van der Waals surface area contributed by atoms with Crippen molar-refractivity contribution in [1.29, 1.82) is 15.8 Å². The molecule has 0 aliphatic heterocycles. The Kier molecular flexibility index (Phi) is 5.47. The van der Waals surface area contributed by atoms with E-state index in [9.17, 15) is 5.26 Å². The van der Waals surface area contributed by atoms with Crippen molar-refractivity contribution in [2.45, 2.75) is 32.1 Å². The lowest BCUT2D eigenvalue weighted by atomic mass is 10.2. The monoisotopic (exact) mass is 305 g/mol. The predicted molar refractivity (Wildman–Crippen MR) is 82.4 cm³/mol. The first kappa shape index (κ1) is 16.2. The number of hydrogen-bond donors (Lipinski definition) is 0. The van der Waals surface area contributed by atoms with E-state index < -0.39 is 12.1 Å². The van der Waals surface area contributed by atoms with Crippen molar-refractivity contribution in [3.63, 3.8) is 0 Å². The zero-order valence-electron chi connectivity index (χ0n) is 12.7. The molecule has 0 bridgehead atoms. The summed E-state index contributed by atoms with van der Waals surface area (Å²) in [5.74, 6) is 0.673. The summed E-state index contributed by atoms with van der Waals surface area (Å²) >= 11 is 0. The van der Waals surface area contributed by atoms with Gasteiger partial charge in [0.05, 0.1) is 43.1 Å². The fourth-order valence-corrected chi connectivity index (χ4v) is 2.20. The van der Waals surface area contributed by atoms with Gasteiger partial charge in [-0.05, 0) is 6.92 Å². The maximum absolute atomic E-state index is 9.28. The van der Waals surface area contributed by atoms with Crippen LogP contribution in [0.15, 0.2) is 36.5 Å². The highest BCUT2D eigenvalue weighted by atomic mass is 16.5. The third-order valence-corrected chi connectivity index (χ3v) is 3.33. The number of imidazole rings is 1. The van der Waals surface area contributed by atoms with E-state index in [0.29, 0.717) is 11.5 Å². The molecule has 1 aromatic carbocycles. The molecule has 1 aromatic heterocycles. The van der Waals surface area contributed by atoms with Gasteiger partial charge in [-0.25, -0.2) is 4.98 Å². The first-order valence-corrected chi connectivity index (χ1v) is 7.10. The molecule has 0 aliphatic carbocycles. The minimum Gasteiger partial charge on any atom is -0.356 e. The SMILES string of the molecule is CC(C#N)n1c(COC(C#N)CC#N)cnc1-c1ccccc1. The van der Waals surface area contributed by atoms with Crippen LogP contribution in [0.4, 0.5) is 0 Å². The van der Waals surface area contributed by atoms with Crippen LogP contribution in [0.5, 0.6) is 0 Å². The van der Waals surface area contributed by atoms with E-state index in [-0.39, 0.29) is 13.0 Å². The van der Waals surface area contributed by atoms with E-state index >= 15 is 0 Å². The predicted octanol–water partition coefficient (Wildman–Crippen LogP) is 2.96. The van der Waals surface area contributed by atoms with Crippen LogP contribution in [-0.4, -0.2) is 15.7 Å². The lowest BCUT2D eigenvalue weighted by Gasteiger charge is -2.15. The summed E-state index contributed by atoms with van der Waals surface area (Å²) in [4.78, 5) is 4.39. The van der Waals surface area contributed by atoms with E-state index in [1.807, 2.05) is 42.5 Å². The standard InChI is InChI=1S/C17H15N5O/c1-13(9-19)22-15(12-23-16(10-20)7-8-18)11-21-17(22)14-5-3-2-4-6-14/h2-6,11,13,16H,7,12H2,1H3. The van der Waals surface area contributed by atoms with Gasteiger partial charge in [-0.3, -0.25) is 0 Å². The van der Waals surface area contributed by atoms with E-state index in [4.69, 9.17) is 15.3 Å². The van der Waals surface area contributed by atoms with Gasteiger partial charge in [0.1, 0.15) is 11.9 Å². The molecular weight excluding hydrogens is 290 g/mol. The van der Waals surface area contributed by atoms with Crippen LogP contribution in [0.25, 0.3) is 11.4 Å². The van der Waals surface area contributed by atoms with Crippen molar-refractivity contribution in [3.05, 3.63) is 42.2 Å². The van der Waals surface area contributed by atoms with Crippen LogP contribution >= 0.6 is 0 Å². The Morgan fingerprint density at radius 3 is 2.52 bits per heavy atom. The second kappa shape index (κ2) is 7.75. The minimum atomic E-state index is -0.791. The van der Waals surface area contributed by atoms with Gasteiger partial charge in [0.2, 0.25) is 0 Å². The molecule has 114 valence electrons. The van der Waals surface area contributed by atoms with Gasteiger partial charge in [-0.2, -0.15) is 15.8 Å². The van der Waals surface area contributed by atoms with Crippen molar-refractivity contribution in [1.82, 2.24) is 9.55 Å². The van der Waals surface area contributed by atoms with Gasteiger partial charge in [-0.15, -0.1) is 0 Å². The lowest BCUT2D eigenvalue weighted by Crippen LogP contribution is -2.14. The lowest BCUT2D eigenvalue weighted by molar-refractivity contribution is 0.0754. The highest BCUT2D eigenvalue weighted by molar-refractivity contribution is 5.56. The topological polar surface area (TPSA) is 98.4 Å². The van der Waals surface area contributed by atoms with Gasteiger partial charge in [-0.1, -0.05) is 30.3 Å². The van der Waals surface area contributed by atoms with Crippen molar-refractivity contribution in [2.75, 3.05) is 0 Å². The van der Waals surface area contributed by atoms with Gasteiger partial charge < -0.3 is 9.30 Å². The van der Waals surface area contributed by atoms with E-state index in [1.54, 1.807) is 17.7 Å². The summed E-state index contributed by atoms with van der Waals surface area (Å²) in [6.45, 7) is 1.89. The molecule has 2 rings (SSSR count). The molecular formula is C17H15N5O. The Hall–Kier alpha value is -3.14. The third-order valence-electron chi connectivity index (χ3n) is 3.33. The summed E-state index contributed by atoms with van der Waals surface area (Å²) in [5, 5.41) is 26.9. The molecule has 2 atom stereocenters. The number of rotatable bonds is 6. The highest BCUT2D eigenvalue weighted by Crippen LogP contribution is 2.24. The molecule has 0 fully saturated rings. The van der Waals surface area contributed by atoms with Crippen LogP contribution < -0.4 is 0 Å². The van der Waals surface area contributed by atoms with Crippen molar-refractivity contribution in [3.8, 4) is 29.6 Å². The number of benzene rings is 1. The van der Waals surface area contributed by atoms with E-state index in [2.05, 4.69) is 11.1 Å². The Morgan fingerprint density at radius 1 is 1.17 bits per heavy atom. The second-order valence-corrected chi connectivity index (χ2v) is 4.91. The van der Waals surface area contributed by atoms with Gasteiger partial charge >= 0.3 is 0 Å². The quantitative estimate of drug-likeness (QED) is 0.817. The molecule has 0 aliphatic rings. The van der Waals surface area contributed by atoms with Crippen molar-refractivity contribution >= 4 is 0 Å². The largest absolute Gasteiger partial charge is 0.356 e. The molecule has 6 heteroatoms. The molecule has 0 radical (unpaired) electrons. The molecule has 0 N–H and O–H groups in total. The number of nitrogens with zero attached hydrogens (tertiary/aromatic N) is 5. The molecule has 0 saturated heterocycles. The third kappa shape index (κ3) is 3.74. The molecule has 6 nitrogen and oxygen atoms in total. The molecule has 0 spiro atoms. The molecule has 2 unspecified atom stereocenters. The molecule has 0 amide bonds. The average molecular weight is 305 g/mol.